The van der Waals surface area contributed by atoms with Gasteiger partial charge < -0.3 is 15.0 Å². The molecule has 1 fully saturated rings. The zero-order valence-electron chi connectivity index (χ0n) is 12.4. The Morgan fingerprint density at radius 2 is 2.41 bits per heavy atom. The van der Waals surface area contributed by atoms with Crippen molar-refractivity contribution >= 4 is 17.4 Å². The minimum atomic E-state index is -0.0563. The molecule has 2 amide bonds. The fraction of sp³-hybridized carbons (Fsp3) is 0.375. The Balaban J connectivity index is 1.59. The lowest BCUT2D eigenvalue weighted by Crippen LogP contribution is -2.49. The van der Waals surface area contributed by atoms with E-state index in [1.54, 1.807) is 23.7 Å². The van der Waals surface area contributed by atoms with Gasteiger partial charge in [0.05, 0.1) is 12.6 Å². The third-order valence-corrected chi connectivity index (χ3v) is 4.33. The standard InChI is InChI=1S/C16H19N3O2S/c1-12-9-19(10-15(21-12)14-4-6-22-11-14)16(20)18-8-13-3-2-5-17-7-13/h2-7,11-12,15H,8-10H2,1H3,(H,18,20)/t12-,15-/m1/s1. The van der Waals surface area contributed by atoms with Crippen molar-refractivity contribution in [2.75, 3.05) is 13.1 Å². The normalized spacial score (nSPS) is 21.6. The second-order valence-electron chi connectivity index (χ2n) is 5.42. The fourth-order valence-electron chi connectivity index (χ4n) is 2.55. The minimum absolute atomic E-state index is 0.0304. The number of morpholine rings is 1. The van der Waals surface area contributed by atoms with Gasteiger partial charge in [0.1, 0.15) is 6.10 Å². The van der Waals surface area contributed by atoms with E-state index in [-0.39, 0.29) is 18.2 Å². The third-order valence-electron chi connectivity index (χ3n) is 3.63. The van der Waals surface area contributed by atoms with Gasteiger partial charge in [0, 0.05) is 25.5 Å². The molecule has 3 rings (SSSR count). The van der Waals surface area contributed by atoms with Gasteiger partial charge >= 0.3 is 6.03 Å². The van der Waals surface area contributed by atoms with Gasteiger partial charge in [-0.25, -0.2) is 4.79 Å². The van der Waals surface area contributed by atoms with Gasteiger partial charge in [0.2, 0.25) is 0 Å². The molecule has 1 aliphatic rings. The number of urea groups is 1. The lowest BCUT2D eigenvalue weighted by molar-refractivity contribution is -0.0655. The van der Waals surface area contributed by atoms with Crippen LogP contribution in [-0.2, 0) is 11.3 Å². The molecule has 3 heterocycles. The smallest absolute Gasteiger partial charge is 0.317 e. The van der Waals surface area contributed by atoms with Gasteiger partial charge in [-0.05, 0) is 40.9 Å². The van der Waals surface area contributed by atoms with Gasteiger partial charge in [-0.15, -0.1) is 0 Å². The molecule has 22 heavy (non-hydrogen) atoms. The molecular weight excluding hydrogens is 298 g/mol. The predicted octanol–water partition coefficient (Wildman–Crippen LogP) is 2.81. The molecule has 0 radical (unpaired) electrons. The summed E-state index contributed by atoms with van der Waals surface area (Å²) in [6.07, 6.45) is 3.47. The summed E-state index contributed by atoms with van der Waals surface area (Å²) in [4.78, 5) is 18.2. The van der Waals surface area contributed by atoms with Crippen LogP contribution in [0.15, 0.2) is 41.4 Å². The molecule has 0 aliphatic carbocycles. The van der Waals surface area contributed by atoms with Gasteiger partial charge in [-0.3, -0.25) is 4.98 Å². The second kappa shape index (κ2) is 6.89. The van der Waals surface area contributed by atoms with E-state index < -0.39 is 0 Å². The van der Waals surface area contributed by atoms with Crippen LogP contribution in [0.4, 0.5) is 4.79 Å². The molecule has 0 saturated carbocycles. The summed E-state index contributed by atoms with van der Waals surface area (Å²) in [5.74, 6) is 0. The molecule has 5 nitrogen and oxygen atoms in total. The second-order valence-corrected chi connectivity index (χ2v) is 6.20. The number of thiophene rings is 1. The Hall–Kier alpha value is -1.92. The maximum atomic E-state index is 12.4. The predicted molar refractivity (Wildman–Crippen MR) is 85.7 cm³/mol. The summed E-state index contributed by atoms with van der Waals surface area (Å²) < 4.78 is 5.95. The van der Waals surface area contributed by atoms with E-state index in [4.69, 9.17) is 4.74 Å². The van der Waals surface area contributed by atoms with Crippen molar-refractivity contribution in [2.45, 2.75) is 25.7 Å². The van der Waals surface area contributed by atoms with Crippen LogP contribution < -0.4 is 5.32 Å². The Morgan fingerprint density at radius 1 is 1.50 bits per heavy atom. The number of ether oxygens (including phenoxy) is 1. The molecule has 116 valence electrons. The molecule has 1 N–H and O–H groups in total. The number of carbonyl (C=O) groups is 1. The largest absolute Gasteiger partial charge is 0.367 e. The van der Waals surface area contributed by atoms with E-state index >= 15 is 0 Å². The molecule has 0 bridgehead atoms. The molecule has 2 aromatic rings. The molecule has 0 unspecified atom stereocenters. The molecule has 1 aliphatic heterocycles. The topological polar surface area (TPSA) is 54.5 Å². The number of nitrogens with one attached hydrogen (secondary N) is 1. The highest BCUT2D eigenvalue weighted by molar-refractivity contribution is 7.07. The monoisotopic (exact) mass is 317 g/mol. The van der Waals surface area contributed by atoms with Crippen molar-refractivity contribution in [1.82, 2.24) is 15.2 Å². The zero-order valence-corrected chi connectivity index (χ0v) is 13.3. The SMILES string of the molecule is C[C@@H]1CN(C(=O)NCc2cccnc2)C[C@H](c2ccsc2)O1. The Morgan fingerprint density at radius 3 is 3.14 bits per heavy atom. The number of nitrogens with zero attached hydrogens (tertiary/aromatic N) is 2. The number of aromatic nitrogens is 1. The first-order chi connectivity index (χ1) is 10.7. The number of rotatable bonds is 3. The number of hydrogen-bond donors (Lipinski definition) is 1. The molecule has 2 aromatic heterocycles. The Labute approximate surface area is 133 Å². The van der Waals surface area contributed by atoms with Crippen LogP contribution >= 0.6 is 11.3 Å². The van der Waals surface area contributed by atoms with Crippen molar-refractivity contribution in [3.8, 4) is 0 Å². The highest BCUT2D eigenvalue weighted by Crippen LogP contribution is 2.26. The zero-order chi connectivity index (χ0) is 15.4. The van der Waals surface area contributed by atoms with Crippen LogP contribution in [-0.4, -0.2) is 35.1 Å². The molecule has 2 atom stereocenters. The van der Waals surface area contributed by atoms with Gasteiger partial charge in [-0.2, -0.15) is 11.3 Å². The van der Waals surface area contributed by atoms with Crippen LogP contribution in [0.5, 0.6) is 0 Å². The van der Waals surface area contributed by atoms with Crippen LogP contribution in [0.2, 0.25) is 0 Å². The van der Waals surface area contributed by atoms with Crippen molar-refractivity contribution < 1.29 is 9.53 Å². The maximum Gasteiger partial charge on any atom is 0.317 e. The summed E-state index contributed by atoms with van der Waals surface area (Å²) in [5.41, 5.74) is 2.13. The summed E-state index contributed by atoms with van der Waals surface area (Å²) >= 11 is 1.65. The summed E-state index contributed by atoms with van der Waals surface area (Å²) in [6.45, 7) is 3.68. The highest BCUT2D eigenvalue weighted by Gasteiger charge is 2.29. The quantitative estimate of drug-likeness (QED) is 0.947. The number of hydrogen-bond acceptors (Lipinski definition) is 4. The average Bonchev–Trinajstić information content (AvgIpc) is 3.07. The molecule has 0 aromatic carbocycles. The summed E-state index contributed by atoms with van der Waals surface area (Å²) in [6, 6.07) is 5.81. The van der Waals surface area contributed by atoms with Gasteiger partial charge in [-0.1, -0.05) is 6.07 Å². The first kappa shape index (κ1) is 15.0. The lowest BCUT2D eigenvalue weighted by Gasteiger charge is -2.36. The van der Waals surface area contributed by atoms with E-state index in [9.17, 15) is 4.79 Å². The summed E-state index contributed by atoms with van der Waals surface area (Å²) in [5, 5.41) is 7.06. The first-order valence-electron chi connectivity index (χ1n) is 7.31. The highest BCUT2D eigenvalue weighted by atomic mass is 32.1. The van der Waals surface area contributed by atoms with Crippen LogP contribution in [0.25, 0.3) is 0 Å². The average molecular weight is 317 g/mol. The van der Waals surface area contributed by atoms with E-state index in [0.29, 0.717) is 19.6 Å². The maximum absolute atomic E-state index is 12.4. The third kappa shape index (κ3) is 3.64. The Kier molecular flexibility index (Phi) is 4.70. The van der Waals surface area contributed by atoms with Crippen molar-refractivity contribution in [3.05, 3.63) is 52.5 Å². The van der Waals surface area contributed by atoms with Crippen molar-refractivity contribution in [3.63, 3.8) is 0 Å². The molecule has 0 spiro atoms. The van der Waals surface area contributed by atoms with E-state index in [0.717, 1.165) is 11.1 Å². The number of carbonyl (C=O) groups excluding carboxylic acids is 1. The van der Waals surface area contributed by atoms with E-state index in [1.165, 1.54) is 0 Å². The Bertz CT molecular complexity index is 603. The molecule has 6 heteroatoms. The summed E-state index contributed by atoms with van der Waals surface area (Å²) in [7, 11) is 0. The minimum Gasteiger partial charge on any atom is -0.367 e. The first-order valence-corrected chi connectivity index (χ1v) is 8.26. The van der Waals surface area contributed by atoms with Gasteiger partial charge in [0.25, 0.3) is 0 Å². The van der Waals surface area contributed by atoms with Crippen molar-refractivity contribution in [2.24, 2.45) is 0 Å². The van der Waals surface area contributed by atoms with Crippen molar-refractivity contribution in [1.29, 1.82) is 0 Å². The van der Waals surface area contributed by atoms with Crippen LogP contribution in [0, 0.1) is 0 Å². The van der Waals surface area contributed by atoms with E-state index in [1.807, 2.05) is 29.3 Å². The van der Waals surface area contributed by atoms with Crippen LogP contribution in [0.3, 0.4) is 0 Å². The fourth-order valence-corrected chi connectivity index (χ4v) is 3.25. The number of pyridine rings is 1. The van der Waals surface area contributed by atoms with Crippen LogP contribution in [0.1, 0.15) is 24.2 Å². The molecule has 1 saturated heterocycles. The number of amides is 2. The van der Waals surface area contributed by atoms with Gasteiger partial charge in [0.15, 0.2) is 0 Å². The lowest BCUT2D eigenvalue weighted by atomic mass is 10.1. The van der Waals surface area contributed by atoms with E-state index in [2.05, 4.69) is 21.7 Å². The molecular formula is C16H19N3O2S.